The molecule has 0 amide bonds. The maximum Gasteiger partial charge on any atom is 0.196 e. The van der Waals surface area contributed by atoms with E-state index in [9.17, 15) is 5.11 Å². The van der Waals surface area contributed by atoms with Crippen molar-refractivity contribution in [2.75, 3.05) is 18.1 Å². The number of nitrogens with zero attached hydrogens (tertiary/aromatic N) is 6. The molecule has 0 bridgehead atoms. The van der Waals surface area contributed by atoms with Gasteiger partial charge in [-0.15, -0.1) is 0 Å². The highest BCUT2D eigenvalue weighted by Gasteiger charge is 2.29. The molecule has 1 fully saturated rings. The molecule has 4 aromatic rings. The number of aromatic nitrogens is 6. The van der Waals surface area contributed by atoms with Crippen molar-refractivity contribution in [1.82, 2.24) is 29.9 Å². The Morgan fingerprint density at radius 1 is 1.27 bits per heavy atom. The first-order valence-electron chi connectivity index (χ1n) is 9.88. The van der Waals surface area contributed by atoms with E-state index in [1.807, 2.05) is 13.0 Å². The number of nitrogens with one attached hydrogen (secondary N) is 1. The van der Waals surface area contributed by atoms with Crippen LogP contribution in [0.25, 0.3) is 22.2 Å². The lowest BCUT2D eigenvalue weighted by molar-refractivity contribution is 0.266. The zero-order valence-electron chi connectivity index (χ0n) is 16.3. The first-order chi connectivity index (χ1) is 14.7. The van der Waals surface area contributed by atoms with Crippen molar-refractivity contribution >= 4 is 51.4 Å². The minimum atomic E-state index is 0.0367. The molecule has 1 atom stereocenters. The van der Waals surface area contributed by atoms with Gasteiger partial charge in [-0.25, -0.2) is 19.9 Å². The van der Waals surface area contributed by atoms with E-state index in [0.717, 1.165) is 53.1 Å². The molecule has 0 unspecified atom stereocenters. The minimum absolute atomic E-state index is 0.0367. The number of aliphatic hydroxyl groups excluding tert-OH is 1. The van der Waals surface area contributed by atoms with Crippen LogP contribution in [0.3, 0.4) is 0 Å². The van der Waals surface area contributed by atoms with Gasteiger partial charge in [-0.2, -0.15) is 0 Å². The van der Waals surface area contributed by atoms with Crippen molar-refractivity contribution in [3.8, 4) is 0 Å². The van der Waals surface area contributed by atoms with Gasteiger partial charge in [0.2, 0.25) is 0 Å². The van der Waals surface area contributed by atoms with Crippen molar-refractivity contribution in [3.63, 3.8) is 0 Å². The molecule has 154 valence electrons. The fourth-order valence-electron chi connectivity index (χ4n) is 3.87. The van der Waals surface area contributed by atoms with Gasteiger partial charge in [-0.3, -0.25) is 4.98 Å². The van der Waals surface area contributed by atoms with Gasteiger partial charge in [0, 0.05) is 35.7 Å². The number of rotatable bonds is 5. The molecule has 8 nitrogen and oxygen atoms in total. The summed E-state index contributed by atoms with van der Waals surface area (Å²) >= 11 is 8.09. The Morgan fingerprint density at radius 2 is 2.13 bits per heavy atom. The summed E-state index contributed by atoms with van der Waals surface area (Å²) in [5, 5.41) is 11.9. The molecule has 5 heterocycles. The highest BCUT2D eigenvalue weighted by Crippen LogP contribution is 2.38. The smallest absolute Gasteiger partial charge is 0.196 e. The van der Waals surface area contributed by atoms with E-state index in [1.54, 1.807) is 18.6 Å². The van der Waals surface area contributed by atoms with Crippen LogP contribution in [0.4, 0.5) is 5.82 Å². The topological polar surface area (TPSA) is 104 Å². The highest BCUT2D eigenvalue weighted by atomic mass is 35.5. The molecule has 2 N–H and O–H groups in total. The maximum absolute atomic E-state index is 9.84. The molecule has 0 aromatic carbocycles. The van der Waals surface area contributed by atoms with Gasteiger partial charge in [0.15, 0.2) is 10.8 Å². The summed E-state index contributed by atoms with van der Waals surface area (Å²) in [6.45, 7) is 2.97. The monoisotopic (exact) mass is 441 g/mol. The molecule has 0 radical (unpaired) electrons. The van der Waals surface area contributed by atoms with E-state index >= 15 is 0 Å². The number of aryl methyl sites for hydroxylation is 1. The summed E-state index contributed by atoms with van der Waals surface area (Å²) in [5.41, 5.74) is 2.97. The molecule has 30 heavy (non-hydrogen) atoms. The Balaban J connectivity index is 1.61. The Kier molecular flexibility index (Phi) is 5.18. The maximum atomic E-state index is 9.84. The molecule has 5 rings (SSSR count). The van der Waals surface area contributed by atoms with Gasteiger partial charge in [-0.05, 0) is 37.1 Å². The number of hydrogen-bond acceptors (Lipinski definition) is 8. The van der Waals surface area contributed by atoms with Crippen LogP contribution in [0.2, 0.25) is 5.02 Å². The number of H-pyrrole nitrogens is 1. The second-order valence-electron chi connectivity index (χ2n) is 7.17. The van der Waals surface area contributed by atoms with Crippen LogP contribution in [0, 0.1) is 0 Å². The van der Waals surface area contributed by atoms with Crippen molar-refractivity contribution < 1.29 is 5.11 Å². The van der Waals surface area contributed by atoms with E-state index in [4.69, 9.17) is 21.6 Å². The third-order valence-corrected chi connectivity index (χ3v) is 6.59. The zero-order chi connectivity index (χ0) is 20.7. The van der Waals surface area contributed by atoms with Crippen LogP contribution in [0.5, 0.6) is 0 Å². The summed E-state index contributed by atoms with van der Waals surface area (Å²) in [6, 6.07) is 1.97. The van der Waals surface area contributed by atoms with Crippen molar-refractivity contribution in [1.29, 1.82) is 0 Å². The lowest BCUT2D eigenvalue weighted by Crippen LogP contribution is -2.33. The molecule has 0 saturated carbocycles. The van der Waals surface area contributed by atoms with Gasteiger partial charge in [0.1, 0.15) is 17.0 Å². The van der Waals surface area contributed by atoms with Crippen LogP contribution in [-0.2, 0) is 6.42 Å². The van der Waals surface area contributed by atoms with Crippen LogP contribution in [-0.4, -0.2) is 54.2 Å². The van der Waals surface area contributed by atoms with Crippen LogP contribution >= 0.6 is 23.4 Å². The molecule has 0 spiro atoms. The first-order valence-corrected chi connectivity index (χ1v) is 11.1. The molecular weight excluding hydrogens is 422 g/mol. The van der Waals surface area contributed by atoms with Crippen molar-refractivity contribution in [2.45, 2.75) is 42.3 Å². The van der Waals surface area contributed by atoms with E-state index < -0.39 is 0 Å². The minimum Gasteiger partial charge on any atom is -0.394 e. The summed E-state index contributed by atoms with van der Waals surface area (Å²) in [4.78, 5) is 28.9. The standard InChI is InChI=1S/C20H20ClN7OS/c1-2-13-16(21)15-18(25-13)26-20(27-19(15)28-7-3-4-11(28)10-29)30-12-8-14-17(24-9-12)23-6-5-22-14/h5-6,8-9,11,29H,2-4,7,10H2,1H3,(H,25,26,27)/t11-/m0/s1. The fraction of sp³-hybridized carbons (Fsp3) is 0.350. The van der Waals surface area contributed by atoms with Crippen molar-refractivity contribution in [2.24, 2.45) is 0 Å². The number of halogens is 1. The Hall–Kier alpha value is -2.49. The Morgan fingerprint density at radius 3 is 2.97 bits per heavy atom. The quantitative estimate of drug-likeness (QED) is 0.452. The van der Waals surface area contributed by atoms with E-state index in [0.29, 0.717) is 21.5 Å². The number of hydrogen-bond donors (Lipinski definition) is 2. The lowest BCUT2D eigenvalue weighted by Gasteiger charge is -2.25. The van der Waals surface area contributed by atoms with Gasteiger partial charge < -0.3 is 15.0 Å². The molecule has 0 aliphatic carbocycles. The average molecular weight is 442 g/mol. The number of fused-ring (bicyclic) bond motifs is 2. The van der Waals surface area contributed by atoms with Gasteiger partial charge in [-0.1, -0.05) is 18.5 Å². The third kappa shape index (κ3) is 3.36. The highest BCUT2D eigenvalue weighted by molar-refractivity contribution is 7.99. The number of pyridine rings is 1. The summed E-state index contributed by atoms with van der Waals surface area (Å²) in [7, 11) is 0. The van der Waals surface area contributed by atoms with Crippen LogP contribution < -0.4 is 4.90 Å². The van der Waals surface area contributed by atoms with E-state index in [2.05, 4.69) is 24.8 Å². The molecular formula is C20H20ClN7OS. The SMILES string of the molecule is CCc1[nH]c2nc(Sc3cnc4nccnc4c3)nc(N3CCC[C@H]3CO)c2c1Cl. The van der Waals surface area contributed by atoms with E-state index in [-0.39, 0.29) is 12.6 Å². The van der Waals surface area contributed by atoms with Gasteiger partial charge in [0.25, 0.3) is 0 Å². The fourth-order valence-corrected chi connectivity index (χ4v) is 4.98. The molecule has 1 aliphatic rings. The zero-order valence-corrected chi connectivity index (χ0v) is 17.9. The molecule has 1 aliphatic heterocycles. The second-order valence-corrected chi connectivity index (χ2v) is 8.59. The average Bonchev–Trinajstić information content (AvgIpc) is 3.37. The first kappa shape index (κ1) is 19.5. The summed E-state index contributed by atoms with van der Waals surface area (Å²) < 4.78 is 0. The predicted molar refractivity (Wildman–Crippen MR) is 117 cm³/mol. The van der Waals surface area contributed by atoms with E-state index in [1.165, 1.54) is 11.8 Å². The Bertz CT molecular complexity index is 1230. The van der Waals surface area contributed by atoms with Crippen LogP contribution in [0.15, 0.2) is 34.7 Å². The molecule has 10 heteroatoms. The molecule has 4 aromatic heterocycles. The normalized spacial score (nSPS) is 16.8. The summed E-state index contributed by atoms with van der Waals surface area (Å²) in [6.07, 6.45) is 7.73. The Labute approximate surface area is 182 Å². The largest absolute Gasteiger partial charge is 0.394 e. The second kappa shape index (κ2) is 7.98. The molecule has 1 saturated heterocycles. The third-order valence-electron chi connectivity index (χ3n) is 5.35. The van der Waals surface area contributed by atoms with Gasteiger partial charge in [0.05, 0.1) is 23.1 Å². The number of aromatic amines is 1. The number of aliphatic hydroxyl groups is 1. The lowest BCUT2D eigenvalue weighted by atomic mass is 10.2. The van der Waals surface area contributed by atoms with Crippen LogP contribution in [0.1, 0.15) is 25.5 Å². The van der Waals surface area contributed by atoms with Crippen molar-refractivity contribution in [3.05, 3.63) is 35.4 Å². The predicted octanol–water partition coefficient (Wildman–Crippen LogP) is 3.62. The van der Waals surface area contributed by atoms with Gasteiger partial charge >= 0.3 is 0 Å². The number of anilines is 1. The summed E-state index contributed by atoms with van der Waals surface area (Å²) in [5.74, 6) is 0.772.